The van der Waals surface area contributed by atoms with E-state index in [1.54, 1.807) is 7.11 Å². The average molecular weight is 398 g/mol. The van der Waals surface area contributed by atoms with Gasteiger partial charge in [0, 0.05) is 18.7 Å². The first-order valence-electron chi connectivity index (χ1n) is 9.12. The number of nitrogens with zero attached hydrogens (tertiary/aromatic N) is 3. The fraction of sp³-hybridized carbons (Fsp3) is 0.286. The van der Waals surface area contributed by atoms with E-state index in [2.05, 4.69) is 22.3 Å². The number of thioether (sulfide) groups is 1. The van der Waals surface area contributed by atoms with Crippen molar-refractivity contribution < 1.29 is 13.9 Å². The number of methoxy groups -OCH3 is 1. The van der Waals surface area contributed by atoms with Crippen molar-refractivity contribution in [3.05, 3.63) is 60.2 Å². The molecule has 1 heterocycles. The minimum atomic E-state index is 0.0626. The van der Waals surface area contributed by atoms with Gasteiger partial charge in [-0.3, -0.25) is 4.79 Å². The molecule has 0 unspecified atom stereocenters. The van der Waals surface area contributed by atoms with Gasteiger partial charge in [0.25, 0.3) is 5.22 Å². The lowest BCUT2D eigenvalue weighted by atomic mass is 10.1. The zero-order valence-corrected chi connectivity index (χ0v) is 16.8. The van der Waals surface area contributed by atoms with Crippen LogP contribution in [0.5, 0.6) is 5.75 Å². The van der Waals surface area contributed by atoms with Gasteiger partial charge >= 0.3 is 0 Å². The lowest BCUT2D eigenvalue weighted by molar-refractivity contribution is -0.128. The summed E-state index contributed by atoms with van der Waals surface area (Å²) in [5.74, 6) is 1.52. The zero-order chi connectivity index (χ0) is 19.8. The minimum absolute atomic E-state index is 0.0626. The smallest absolute Gasteiger partial charge is 0.277 e. The second-order valence-corrected chi connectivity index (χ2v) is 7.03. The number of ether oxygens (including phenoxy) is 1. The maximum atomic E-state index is 12.5. The van der Waals surface area contributed by atoms with Crippen LogP contribution in [0.4, 0.5) is 0 Å². The van der Waals surface area contributed by atoms with E-state index in [9.17, 15) is 4.79 Å². The van der Waals surface area contributed by atoms with E-state index in [-0.39, 0.29) is 11.7 Å². The van der Waals surface area contributed by atoms with Crippen molar-refractivity contribution in [1.82, 2.24) is 15.1 Å². The van der Waals surface area contributed by atoms with Crippen LogP contribution in [-0.4, -0.2) is 47.0 Å². The summed E-state index contributed by atoms with van der Waals surface area (Å²) in [6.07, 6.45) is 0.841. The quantitative estimate of drug-likeness (QED) is 0.510. The molecule has 28 heavy (non-hydrogen) atoms. The maximum absolute atomic E-state index is 12.5. The van der Waals surface area contributed by atoms with Gasteiger partial charge in [-0.25, -0.2) is 0 Å². The molecule has 1 amide bonds. The molecule has 0 N–H and O–H groups in total. The number of carbonyl (C=O) groups is 1. The van der Waals surface area contributed by atoms with Gasteiger partial charge in [0.2, 0.25) is 11.8 Å². The van der Waals surface area contributed by atoms with E-state index >= 15 is 0 Å². The van der Waals surface area contributed by atoms with Crippen LogP contribution in [-0.2, 0) is 11.2 Å². The number of rotatable bonds is 9. The monoisotopic (exact) mass is 397 g/mol. The fourth-order valence-corrected chi connectivity index (χ4v) is 3.37. The van der Waals surface area contributed by atoms with Gasteiger partial charge in [-0.2, -0.15) is 0 Å². The van der Waals surface area contributed by atoms with Crippen molar-refractivity contribution in [3.63, 3.8) is 0 Å². The first-order chi connectivity index (χ1) is 13.7. The van der Waals surface area contributed by atoms with Crippen LogP contribution in [0.2, 0.25) is 0 Å². The highest BCUT2D eigenvalue weighted by Crippen LogP contribution is 2.25. The number of likely N-dealkylation sites (N-methyl/N-ethyl adjacent to an activating group) is 1. The Labute approximate surface area is 168 Å². The third kappa shape index (κ3) is 5.36. The van der Waals surface area contributed by atoms with Crippen molar-refractivity contribution in [2.75, 3.05) is 26.0 Å². The fourth-order valence-electron chi connectivity index (χ4n) is 2.70. The van der Waals surface area contributed by atoms with Crippen LogP contribution in [0.25, 0.3) is 11.5 Å². The van der Waals surface area contributed by atoms with Crippen LogP contribution in [0.1, 0.15) is 12.5 Å². The number of benzene rings is 2. The largest absolute Gasteiger partial charge is 0.497 e. The third-order valence-corrected chi connectivity index (χ3v) is 5.11. The summed E-state index contributed by atoms with van der Waals surface area (Å²) in [5, 5.41) is 8.48. The van der Waals surface area contributed by atoms with Crippen LogP contribution >= 0.6 is 11.8 Å². The Morgan fingerprint density at radius 3 is 2.54 bits per heavy atom. The maximum Gasteiger partial charge on any atom is 0.277 e. The predicted octanol–water partition coefficient (Wildman–Crippen LogP) is 3.93. The molecule has 3 rings (SSSR count). The van der Waals surface area contributed by atoms with Gasteiger partial charge in [-0.05, 0) is 43.2 Å². The molecule has 0 saturated carbocycles. The number of carbonyl (C=O) groups excluding carboxylic acids is 1. The highest BCUT2D eigenvalue weighted by molar-refractivity contribution is 7.99. The van der Waals surface area contributed by atoms with Gasteiger partial charge in [0.15, 0.2) is 0 Å². The van der Waals surface area contributed by atoms with Crippen molar-refractivity contribution in [1.29, 1.82) is 0 Å². The molecular weight excluding hydrogens is 374 g/mol. The molecule has 6 nitrogen and oxygen atoms in total. The summed E-state index contributed by atoms with van der Waals surface area (Å²) in [6, 6.07) is 17.6. The summed E-state index contributed by atoms with van der Waals surface area (Å²) in [4.78, 5) is 14.4. The number of aromatic nitrogens is 2. The lowest BCUT2D eigenvalue weighted by Gasteiger charge is -2.20. The highest BCUT2D eigenvalue weighted by atomic mass is 32.2. The lowest BCUT2D eigenvalue weighted by Crippen LogP contribution is -2.34. The predicted molar refractivity (Wildman–Crippen MR) is 109 cm³/mol. The van der Waals surface area contributed by atoms with Crippen LogP contribution < -0.4 is 4.74 Å². The highest BCUT2D eigenvalue weighted by Gasteiger charge is 2.15. The SMILES string of the molecule is CCN(CCc1ccccc1)C(=O)CSc1nnc(-c2ccc(OC)cc2)o1. The molecule has 1 aromatic heterocycles. The molecule has 0 atom stereocenters. The van der Waals surface area contributed by atoms with E-state index in [0.717, 1.165) is 17.7 Å². The van der Waals surface area contributed by atoms with Gasteiger partial charge in [-0.15, -0.1) is 10.2 Å². The Morgan fingerprint density at radius 1 is 1.11 bits per heavy atom. The number of hydrogen-bond donors (Lipinski definition) is 0. The first-order valence-corrected chi connectivity index (χ1v) is 10.1. The Kier molecular flexibility index (Phi) is 7.08. The van der Waals surface area contributed by atoms with Crippen molar-refractivity contribution in [3.8, 4) is 17.2 Å². The molecule has 0 radical (unpaired) electrons. The second-order valence-electron chi connectivity index (χ2n) is 6.10. The van der Waals surface area contributed by atoms with E-state index in [0.29, 0.717) is 24.2 Å². The van der Waals surface area contributed by atoms with Gasteiger partial charge < -0.3 is 14.1 Å². The Hall–Kier alpha value is -2.80. The third-order valence-electron chi connectivity index (χ3n) is 4.31. The average Bonchev–Trinajstić information content (AvgIpc) is 3.22. The van der Waals surface area contributed by atoms with Crippen molar-refractivity contribution in [2.45, 2.75) is 18.6 Å². The molecule has 3 aromatic rings. The van der Waals surface area contributed by atoms with Gasteiger partial charge in [0.05, 0.1) is 12.9 Å². The van der Waals surface area contributed by atoms with E-state index < -0.39 is 0 Å². The van der Waals surface area contributed by atoms with Crippen molar-refractivity contribution in [2.24, 2.45) is 0 Å². The number of hydrogen-bond acceptors (Lipinski definition) is 6. The van der Waals surface area contributed by atoms with Crippen LogP contribution in [0, 0.1) is 0 Å². The molecule has 0 aliphatic rings. The molecule has 0 saturated heterocycles. The molecular formula is C21H23N3O3S. The van der Waals surface area contributed by atoms with Crippen LogP contribution in [0.3, 0.4) is 0 Å². The summed E-state index contributed by atoms with van der Waals surface area (Å²) < 4.78 is 10.8. The van der Waals surface area contributed by atoms with Gasteiger partial charge in [-0.1, -0.05) is 42.1 Å². The minimum Gasteiger partial charge on any atom is -0.497 e. The Balaban J connectivity index is 1.52. The van der Waals surface area contributed by atoms with E-state index in [1.807, 2.05) is 54.3 Å². The molecule has 2 aromatic carbocycles. The molecule has 0 fully saturated rings. The molecule has 7 heteroatoms. The van der Waals surface area contributed by atoms with Crippen LogP contribution in [0.15, 0.2) is 64.2 Å². The Bertz CT molecular complexity index is 881. The standard InChI is InChI=1S/C21H23N3O3S/c1-3-24(14-13-16-7-5-4-6-8-16)19(25)15-28-21-23-22-20(27-21)17-9-11-18(26-2)12-10-17/h4-12H,3,13-15H2,1-2H3. The Morgan fingerprint density at radius 2 is 1.86 bits per heavy atom. The first kappa shape index (κ1) is 19.9. The normalized spacial score (nSPS) is 10.6. The second kappa shape index (κ2) is 9.94. The topological polar surface area (TPSA) is 68.5 Å². The number of amides is 1. The summed E-state index contributed by atoms with van der Waals surface area (Å²) in [6.45, 7) is 3.36. The molecule has 0 spiro atoms. The summed E-state index contributed by atoms with van der Waals surface area (Å²) in [5.41, 5.74) is 2.03. The molecule has 0 aliphatic heterocycles. The van der Waals surface area contributed by atoms with E-state index in [1.165, 1.54) is 17.3 Å². The van der Waals surface area contributed by atoms with Gasteiger partial charge in [0.1, 0.15) is 5.75 Å². The molecule has 0 bridgehead atoms. The summed E-state index contributed by atoms with van der Waals surface area (Å²) in [7, 11) is 1.62. The summed E-state index contributed by atoms with van der Waals surface area (Å²) >= 11 is 1.26. The zero-order valence-electron chi connectivity index (χ0n) is 16.0. The van der Waals surface area contributed by atoms with E-state index in [4.69, 9.17) is 9.15 Å². The van der Waals surface area contributed by atoms with Crippen molar-refractivity contribution >= 4 is 17.7 Å². The molecule has 146 valence electrons. The molecule has 0 aliphatic carbocycles.